The summed E-state index contributed by atoms with van der Waals surface area (Å²) in [5.41, 5.74) is 9.01. The van der Waals surface area contributed by atoms with Gasteiger partial charge in [0.1, 0.15) is 6.33 Å². The third-order valence-electron chi connectivity index (χ3n) is 2.34. The second kappa shape index (κ2) is 4.14. The molecule has 0 aliphatic rings. The van der Waals surface area contributed by atoms with Crippen molar-refractivity contribution in [1.82, 2.24) is 15.0 Å². The topological polar surface area (TPSA) is 64.7 Å². The van der Waals surface area contributed by atoms with Crippen molar-refractivity contribution in [2.45, 2.75) is 13.0 Å². The van der Waals surface area contributed by atoms with Crippen LogP contribution in [-0.2, 0) is 0 Å². The molecule has 1 atom stereocenters. The van der Waals surface area contributed by atoms with Gasteiger partial charge in [-0.1, -0.05) is 0 Å². The van der Waals surface area contributed by atoms with Crippen molar-refractivity contribution in [1.29, 1.82) is 0 Å². The highest BCUT2D eigenvalue weighted by Crippen LogP contribution is 2.18. The second-order valence-electron chi connectivity index (χ2n) is 3.34. The minimum Gasteiger partial charge on any atom is -0.319 e. The molecule has 0 aliphatic heterocycles. The number of hydrogen-bond donors (Lipinski definition) is 1. The number of pyridine rings is 1. The van der Waals surface area contributed by atoms with Gasteiger partial charge in [0.2, 0.25) is 0 Å². The van der Waals surface area contributed by atoms with E-state index in [1.165, 1.54) is 6.33 Å². The number of aryl methyl sites for hydroxylation is 1. The third kappa shape index (κ3) is 1.99. The Bertz CT molecular complexity index is 441. The summed E-state index contributed by atoms with van der Waals surface area (Å²) in [5, 5.41) is 0. The molecule has 4 nitrogen and oxygen atoms in total. The van der Waals surface area contributed by atoms with Gasteiger partial charge in [-0.2, -0.15) is 0 Å². The van der Waals surface area contributed by atoms with Gasteiger partial charge in [-0.25, -0.2) is 9.97 Å². The Labute approximate surface area is 88.2 Å². The van der Waals surface area contributed by atoms with Gasteiger partial charge >= 0.3 is 0 Å². The Hall–Kier alpha value is -1.81. The van der Waals surface area contributed by atoms with E-state index in [-0.39, 0.29) is 6.04 Å². The maximum Gasteiger partial charge on any atom is 0.115 e. The lowest BCUT2D eigenvalue weighted by Crippen LogP contribution is -2.15. The van der Waals surface area contributed by atoms with Crippen LogP contribution < -0.4 is 5.73 Å². The van der Waals surface area contributed by atoms with Gasteiger partial charge in [-0.15, -0.1) is 0 Å². The monoisotopic (exact) mass is 200 g/mol. The molecule has 0 saturated carbocycles. The molecule has 4 heteroatoms. The molecule has 2 N–H and O–H groups in total. The average Bonchev–Trinajstić information content (AvgIpc) is 2.30. The van der Waals surface area contributed by atoms with Crippen LogP contribution >= 0.6 is 0 Å². The molecule has 0 spiro atoms. The molecule has 2 heterocycles. The predicted molar refractivity (Wildman–Crippen MR) is 57.0 cm³/mol. The number of nitrogens with two attached hydrogens (primary N) is 1. The molecule has 0 aliphatic carbocycles. The molecule has 0 radical (unpaired) electrons. The van der Waals surface area contributed by atoms with Crippen LogP contribution in [0.4, 0.5) is 0 Å². The highest BCUT2D eigenvalue weighted by Gasteiger charge is 2.11. The normalized spacial score (nSPS) is 12.4. The Morgan fingerprint density at radius 2 is 2.00 bits per heavy atom. The van der Waals surface area contributed by atoms with E-state index in [9.17, 15) is 0 Å². The van der Waals surface area contributed by atoms with E-state index in [1.54, 1.807) is 18.6 Å². The van der Waals surface area contributed by atoms with E-state index in [2.05, 4.69) is 15.0 Å². The average molecular weight is 200 g/mol. The highest BCUT2D eigenvalue weighted by molar-refractivity contribution is 5.30. The standard InChI is InChI=1S/C11H12N4/c1-8-2-4-13-6-9(8)11(12)10-3-5-14-7-15-10/h2-7,11H,12H2,1H3. The van der Waals surface area contributed by atoms with Gasteiger partial charge in [-0.3, -0.25) is 4.98 Å². The van der Waals surface area contributed by atoms with Gasteiger partial charge in [-0.05, 0) is 30.2 Å². The highest BCUT2D eigenvalue weighted by atomic mass is 14.9. The van der Waals surface area contributed by atoms with Crippen molar-refractivity contribution in [3.8, 4) is 0 Å². The molecule has 0 fully saturated rings. The quantitative estimate of drug-likeness (QED) is 0.791. The molecule has 15 heavy (non-hydrogen) atoms. The molecule has 76 valence electrons. The van der Waals surface area contributed by atoms with Crippen LogP contribution in [0.5, 0.6) is 0 Å². The van der Waals surface area contributed by atoms with Crippen LogP contribution in [0.1, 0.15) is 22.9 Å². The minimum absolute atomic E-state index is 0.235. The molecule has 2 rings (SSSR count). The lowest BCUT2D eigenvalue weighted by molar-refractivity contribution is 0.806. The van der Waals surface area contributed by atoms with Crippen molar-refractivity contribution in [3.63, 3.8) is 0 Å². The van der Waals surface area contributed by atoms with Gasteiger partial charge in [0.25, 0.3) is 0 Å². The van der Waals surface area contributed by atoms with E-state index in [0.717, 1.165) is 16.8 Å². The Balaban J connectivity index is 2.37. The molecule has 1 unspecified atom stereocenters. The molecule has 2 aromatic heterocycles. The van der Waals surface area contributed by atoms with E-state index < -0.39 is 0 Å². The first kappa shape index (κ1) is 9.73. The van der Waals surface area contributed by atoms with Crippen molar-refractivity contribution < 1.29 is 0 Å². The molecule has 0 aromatic carbocycles. The van der Waals surface area contributed by atoms with Crippen LogP contribution in [0.2, 0.25) is 0 Å². The number of hydrogen-bond acceptors (Lipinski definition) is 4. The van der Waals surface area contributed by atoms with Crippen LogP contribution in [0.3, 0.4) is 0 Å². The lowest BCUT2D eigenvalue weighted by atomic mass is 10.0. The fourth-order valence-electron chi connectivity index (χ4n) is 1.45. The van der Waals surface area contributed by atoms with Crippen molar-refractivity contribution in [2.75, 3.05) is 0 Å². The summed E-state index contributed by atoms with van der Waals surface area (Å²) >= 11 is 0. The van der Waals surface area contributed by atoms with Gasteiger partial charge < -0.3 is 5.73 Å². The van der Waals surface area contributed by atoms with Gasteiger partial charge in [0, 0.05) is 18.6 Å². The number of rotatable bonds is 2. The lowest BCUT2D eigenvalue weighted by Gasteiger charge is -2.12. The largest absolute Gasteiger partial charge is 0.319 e. The van der Waals surface area contributed by atoms with E-state index in [1.807, 2.05) is 19.1 Å². The third-order valence-corrected chi connectivity index (χ3v) is 2.34. The molecular formula is C11H12N4. The Kier molecular flexibility index (Phi) is 2.69. The Morgan fingerprint density at radius 1 is 1.20 bits per heavy atom. The van der Waals surface area contributed by atoms with Gasteiger partial charge in [0.15, 0.2) is 0 Å². The predicted octanol–water partition coefficient (Wildman–Crippen LogP) is 1.23. The second-order valence-corrected chi connectivity index (χ2v) is 3.34. The summed E-state index contributed by atoms with van der Waals surface area (Å²) in [5.74, 6) is 0. The van der Waals surface area contributed by atoms with E-state index >= 15 is 0 Å². The van der Waals surface area contributed by atoms with E-state index in [4.69, 9.17) is 5.73 Å². The SMILES string of the molecule is Cc1ccncc1C(N)c1ccncn1. The molecule has 0 amide bonds. The summed E-state index contributed by atoms with van der Waals surface area (Å²) in [4.78, 5) is 12.1. The van der Waals surface area contributed by atoms with Crippen molar-refractivity contribution in [3.05, 3.63) is 53.9 Å². The Morgan fingerprint density at radius 3 is 2.67 bits per heavy atom. The van der Waals surface area contributed by atoms with E-state index in [0.29, 0.717) is 0 Å². The fraction of sp³-hybridized carbons (Fsp3) is 0.182. The van der Waals surface area contributed by atoms with Crippen LogP contribution in [0, 0.1) is 6.92 Å². The molecule has 2 aromatic rings. The number of nitrogens with zero attached hydrogens (tertiary/aromatic N) is 3. The van der Waals surface area contributed by atoms with Crippen molar-refractivity contribution >= 4 is 0 Å². The first-order valence-corrected chi connectivity index (χ1v) is 4.71. The summed E-state index contributed by atoms with van der Waals surface area (Å²) in [6.07, 6.45) is 6.72. The zero-order chi connectivity index (χ0) is 10.7. The summed E-state index contributed by atoms with van der Waals surface area (Å²) in [6.45, 7) is 2.01. The minimum atomic E-state index is -0.235. The summed E-state index contributed by atoms with van der Waals surface area (Å²) in [7, 11) is 0. The fourth-order valence-corrected chi connectivity index (χ4v) is 1.45. The van der Waals surface area contributed by atoms with Crippen LogP contribution in [0.15, 0.2) is 37.1 Å². The van der Waals surface area contributed by atoms with Crippen LogP contribution in [-0.4, -0.2) is 15.0 Å². The van der Waals surface area contributed by atoms with Crippen LogP contribution in [0.25, 0.3) is 0 Å². The molecular weight excluding hydrogens is 188 g/mol. The van der Waals surface area contributed by atoms with Gasteiger partial charge in [0.05, 0.1) is 11.7 Å². The molecule has 0 saturated heterocycles. The summed E-state index contributed by atoms with van der Waals surface area (Å²) < 4.78 is 0. The first-order valence-electron chi connectivity index (χ1n) is 4.71. The molecule has 0 bridgehead atoms. The zero-order valence-electron chi connectivity index (χ0n) is 8.46. The van der Waals surface area contributed by atoms with Crippen molar-refractivity contribution in [2.24, 2.45) is 5.73 Å². The maximum atomic E-state index is 6.09. The summed E-state index contributed by atoms with van der Waals surface area (Å²) in [6, 6.07) is 3.52. The maximum absolute atomic E-state index is 6.09. The first-order chi connectivity index (χ1) is 7.29. The number of aromatic nitrogens is 3. The smallest absolute Gasteiger partial charge is 0.115 e. The zero-order valence-corrected chi connectivity index (χ0v) is 8.46.